The van der Waals surface area contributed by atoms with Crippen molar-refractivity contribution < 1.29 is 14.9 Å². The Hall–Kier alpha value is -2.42. The summed E-state index contributed by atoms with van der Waals surface area (Å²) in [5.74, 6) is 0.957. The van der Waals surface area contributed by atoms with Crippen LogP contribution in [0.4, 0.5) is 0 Å². The molecule has 92 valence electrons. The Balaban J connectivity index is 2.29. The number of hydrogen-bond donors (Lipinski definition) is 2. The maximum atomic E-state index is 9.62. The molecule has 0 aliphatic carbocycles. The molecule has 0 spiro atoms. The van der Waals surface area contributed by atoms with Gasteiger partial charge in [0.15, 0.2) is 0 Å². The summed E-state index contributed by atoms with van der Waals surface area (Å²) in [6, 6.07) is 12.0. The van der Waals surface area contributed by atoms with E-state index in [-0.39, 0.29) is 11.5 Å². The summed E-state index contributed by atoms with van der Waals surface area (Å²) in [6.07, 6.45) is 3.58. The van der Waals surface area contributed by atoms with Crippen molar-refractivity contribution in [1.82, 2.24) is 0 Å². The van der Waals surface area contributed by atoms with Crippen molar-refractivity contribution in [3.63, 3.8) is 0 Å². The van der Waals surface area contributed by atoms with E-state index in [1.54, 1.807) is 43.5 Å². The van der Waals surface area contributed by atoms with E-state index in [0.29, 0.717) is 5.75 Å². The van der Waals surface area contributed by atoms with Crippen LogP contribution in [-0.4, -0.2) is 17.3 Å². The molecule has 0 amide bonds. The van der Waals surface area contributed by atoms with Crippen molar-refractivity contribution in [1.29, 1.82) is 0 Å². The fraction of sp³-hybridized carbons (Fsp3) is 0.0667. The molecule has 2 N–H and O–H groups in total. The fourth-order valence-electron chi connectivity index (χ4n) is 1.63. The maximum absolute atomic E-state index is 9.62. The largest absolute Gasteiger partial charge is 0.508 e. The molecule has 0 saturated carbocycles. The van der Waals surface area contributed by atoms with Crippen molar-refractivity contribution in [2.24, 2.45) is 0 Å². The Kier molecular flexibility index (Phi) is 3.53. The molecule has 3 heteroatoms. The van der Waals surface area contributed by atoms with Crippen molar-refractivity contribution >= 4 is 12.2 Å². The van der Waals surface area contributed by atoms with Crippen molar-refractivity contribution in [3.05, 3.63) is 53.6 Å². The molecule has 2 rings (SSSR count). The number of para-hydroxylation sites is 1. The molecule has 0 fully saturated rings. The lowest BCUT2D eigenvalue weighted by molar-refractivity contribution is 0.407. The zero-order valence-corrected chi connectivity index (χ0v) is 10.00. The van der Waals surface area contributed by atoms with Gasteiger partial charge in [-0.25, -0.2) is 0 Å². The summed E-state index contributed by atoms with van der Waals surface area (Å²) in [5.41, 5.74) is 1.52. The van der Waals surface area contributed by atoms with E-state index >= 15 is 0 Å². The molecule has 18 heavy (non-hydrogen) atoms. The van der Waals surface area contributed by atoms with E-state index in [9.17, 15) is 10.2 Å². The van der Waals surface area contributed by atoms with Crippen LogP contribution in [0.2, 0.25) is 0 Å². The molecular formula is C15H14O3. The van der Waals surface area contributed by atoms with E-state index < -0.39 is 0 Å². The van der Waals surface area contributed by atoms with Crippen molar-refractivity contribution in [2.45, 2.75) is 0 Å². The zero-order chi connectivity index (χ0) is 13.0. The predicted octanol–water partition coefficient (Wildman–Crippen LogP) is 3.28. The van der Waals surface area contributed by atoms with Crippen LogP contribution in [0.3, 0.4) is 0 Å². The van der Waals surface area contributed by atoms with E-state index in [1.165, 1.54) is 6.07 Å². The number of ether oxygens (including phenoxy) is 1. The molecule has 3 nitrogen and oxygen atoms in total. The highest BCUT2D eigenvalue weighted by Gasteiger charge is 1.98. The summed E-state index contributed by atoms with van der Waals surface area (Å²) >= 11 is 0. The lowest BCUT2D eigenvalue weighted by Gasteiger charge is -2.03. The lowest BCUT2D eigenvalue weighted by atomic mass is 10.1. The zero-order valence-electron chi connectivity index (χ0n) is 10.00. The first kappa shape index (κ1) is 12.0. The second-order valence-corrected chi connectivity index (χ2v) is 3.86. The van der Waals surface area contributed by atoms with Crippen LogP contribution < -0.4 is 4.74 Å². The molecule has 0 heterocycles. The molecule has 0 bridgehead atoms. The standard InChI is InChI=1S/C15H14O3/c1-18-14-9-11(8-13(16)10-14)6-7-12-4-2-3-5-15(12)17/h2-10,16-17H,1H3. The summed E-state index contributed by atoms with van der Waals surface area (Å²) in [7, 11) is 1.55. The van der Waals surface area contributed by atoms with Gasteiger partial charge in [-0.05, 0) is 23.8 Å². The molecular weight excluding hydrogens is 228 g/mol. The lowest BCUT2D eigenvalue weighted by Crippen LogP contribution is -1.83. The first-order valence-corrected chi connectivity index (χ1v) is 5.53. The highest BCUT2D eigenvalue weighted by atomic mass is 16.5. The maximum Gasteiger partial charge on any atom is 0.123 e. The van der Waals surface area contributed by atoms with Gasteiger partial charge < -0.3 is 14.9 Å². The summed E-state index contributed by atoms with van der Waals surface area (Å²) in [5, 5.41) is 19.1. The van der Waals surface area contributed by atoms with Crippen LogP contribution in [0.15, 0.2) is 42.5 Å². The molecule has 0 aliphatic heterocycles. The number of benzene rings is 2. The minimum atomic E-state index is 0.145. The highest BCUT2D eigenvalue weighted by Crippen LogP contribution is 2.24. The van der Waals surface area contributed by atoms with Crippen LogP contribution in [0.1, 0.15) is 11.1 Å². The second kappa shape index (κ2) is 5.27. The van der Waals surface area contributed by atoms with E-state index in [4.69, 9.17) is 4.74 Å². The monoisotopic (exact) mass is 242 g/mol. The Labute approximate surface area is 106 Å². The molecule has 0 radical (unpaired) electrons. The van der Waals surface area contributed by atoms with E-state index in [1.807, 2.05) is 12.1 Å². The Bertz CT molecular complexity index is 574. The van der Waals surface area contributed by atoms with Gasteiger partial charge in [0.05, 0.1) is 7.11 Å². The number of methoxy groups -OCH3 is 1. The minimum absolute atomic E-state index is 0.145. The van der Waals surface area contributed by atoms with Crippen molar-refractivity contribution in [2.75, 3.05) is 7.11 Å². The van der Waals surface area contributed by atoms with Gasteiger partial charge in [-0.15, -0.1) is 0 Å². The topological polar surface area (TPSA) is 49.7 Å². The second-order valence-electron chi connectivity index (χ2n) is 3.86. The number of phenolic OH excluding ortho intramolecular Hbond substituents is 2. The average Bonchev–Trinajstić information content (AvgIpc) is 2.37. The summed E-state index contributed by atoms with van der Waals surface area (Å²) in [4.78, 5) is 0. The van der Waals surface area contributed by atoms with Gasteiger partial charge in [0.2, 0.25) is 0 Å². The molecule has 0 atom stereocenters. The third kappa shape index (κ3) is 2.83. The third-order valence-corrected chi connectivity index (χ3v) is 2.54. The van der Waals surface area contributed by atoms with Gasteiger partial charge >= 0.3 is 0 Å². The third-order valence-electron chi connectivity index (χ3n) is 2.54. The molecule has 2 aromatic carbocycles. The number of aromatic hydroxyl groups is 2. The van der Waals surface area contributed by atoms with Crippen molar-refractivity contribution in [3.8, 4) is 17.2 Å². The Morgan fingerprint density at radius 2 is 1.78 bits per heavy atom. The van der Waals surface area contributed by atoms with Crippen LogP contribution in [0.5, 0.6) is 17.2 Å². The molecule has 0 saturated heterocycles. The van der Waals surface area contributed by atoms with E-state index in [0.717, 1.165) is 11.1 Å². The molecule has 0 aromatic heterocycles. The smallest absolute Gasteiger partial charge is 0.123 e. The number of rotatable bonds is 3. The first-order chi connectivity index (χ1) is 8.69. The van der Waals surface area contributed by atoms with E-state index in [2.05, 4.69) is 0 Å². The Morgan fingerprint density at radius 1 is 1.00 bits per heavy atom. The van der Waals surface area contributed by atoms with Crippen LogP contribution in [-0.2, 0) is 0 Å². The van der Waals surface area contributed by atoms with Gasteiger partial charge in [-0.2, -0.15) is 0 Å². The Morgan fingerprint density at radius 3 is 2.50 bits per heavy atom. The van der Waals surface area contributed by atoms with Crippen LogP contribution >= 0.6 is 0 Å². The number of phenols is 2. The van der Waals surface area contributed by atoms with Gasteiger partial charge in [-0.3, -0.25) is 0 Å². The van der Waals surface area contributed by atoms with Crippen LogP contribution in [0, 0.1) is 0 Å². The van der Waals surface area contributed by atoms with Crippen LogP contribution in [0.25, 0.3) is 12.2 Å². The molecule has 0 unspecified atom stereocenters. The average molecular weight is 242 g/mol. The quantitative estimate of drug-likeness (QED) is 0.812. The summed E-state index contributed by atoms with van der Waals surface area (Å²) in [6.45, 7) is 0. The van der Waals surface area contributed by atoms with Gasteiger partial charge in [0.25, 0.3) is 0 Å². The minimum Gasteiger partial charge on any atom is -0.508 e. The summed E-state index contributed by atoms with van der Waals surface area (Å²) < 4.78 is 5.07. The SMILES string of the molecule is COc1cc(O)cc(C=Cc2ccccc2O)c1. The normalized spacial score (nSPS) is 10.7. The molecule has 2 aromatic rings. The van der Waals surface area contributed by atoms with Gasteiger partial charge in [0.1, 0.15) is 17.2 Å². The fourth-order valence-corrected chi connectivity index (χ4v) is 1.63. The molecule has 0 aliphatic rings. The van der Waals surface area contributed by atoms with Gasteiger partial charge in [-0.1, -0.05) is 30.4 Å². The predicted molar refractivity (Wildman–Crippen MR) is 71.7 cm³/mol. The highest BCUT2D eigenvalue weighted by molar-refractivity contribution is 5.73. The number of hydrogen-bond acceptors (Lipinski definition) is 3. The van der Waals surface area contributed by atoms with Gasteiger partial charge in [0, 0.05) is 11.6 Å². The first-order valence-electron chi connectivity index (χ1n) is 5.53.